The van der Waals surface area contributed by atoms with Gasteiger partial charge in [-0.3, -0.25) is 14.9 Å². The van der Waals surface area contributed by atoms with E-state index in [0.717, 1.165) is 21.3 Å². The number of carbonyl (C=O) groups is 1. The zero-order valence-electron chi connectivity index (χ0n) is 13.6. The first-order valence-electron chi connectivity index (χ1n) is 7.75. The highest BCUT2D eigenvalue weighted by Gasteiger charge is 2.12. The fourth-order valence-electron chi connectivity index (χ4n) is 2.34. The Balaban J connectivity index is 1.79. The first kappa shape index (κ1) is 17.6. The summed E-state index contributed by atoms with van der Waals surface area (Å²) in [5.74, 6) is -0.445. The molecule has 1 aromatic carbocycles. The lowest BCUT2D eigenvalue weighted by Gasteiger charge is -2.04. The van der Waals surface area contributed by atoms with Crippen molar-refractivity contribution in [1.82, 2.24) is 20.5 Å². The number of H-pyrrole nitrogens is 1. The second-order valence-corrected chi connectivity index (χ2v) is 6.34. The molecule has 1 amide bonds. The van der Waals surface area contributed by atoms with Gasteiger partial charge in [-0.25, -0.2) is 0 Å². The Morgan fingerprint density at radius 3 is 2.77 bits per heavy atom. The molecule has 0 spiro atoms. The molecule has 0 aliphatic carbocycles. The predicted molar refractivity (Wildman–Crippen MR) is 101 cm³/mol. The average Bonchev–Trinajstić information content (AvgIpc) is 3.14. The smallest absolute Gasteiger partial charge is 0.262 e. The van der Waals surface area contributed by atoms with E-state index in [0.29, 0.717) is 12.1 Å². The standard InChI is InChI=1S/C19H14BrN5O/c20-17-5-3-14(4-6-17)18-16(12-24-25-18)8-15(9-21)19(26)23-11-13-2-1-7-22-10-13/h1-8,10,12H,11H2,(H,23,26)(H,24,25)/b15-8+. The second-order valence-electron chi connectivity index (χ2n) is 5.42. The zero-order valence-corrected chi connectivity index (χ0v) is 15.2. The van der Waals surface area contributed by atoms with Crippen molar-refractivity contribution in [3.63, 3.8) is 0 Å². The zero-order chi connectivity index (χ0) is 18.4. The molecule has 0 bridgehead atoms. The van der Waals surface area contributed by atoms with Crippen molar-refractivity contribution >= 4 is 27.9 Å². The molecule has 0 radical (unpaired) electrons. The maximum atomic E-state index is 12.3. The largest absolute Gasteiger partial charge is 0.347 e. The van der Waals surface area contributed by atoms with Gasteiger partial charge in [0.05, 0.1) is 11.9 Å². The molecule has 3 aromatic rings. The average molecular weight is 408 g/mol. The molecule has 2 aromatic heterocycles. The summed E-state index contributed by atoms with van der Waals surface area (Å²) in [5.41, 5.74) is 3.18. The van der Waals surface area contributed by atoms with E-state index in [9.17, 15) is 10.1 Å². The third-order valence-electron chi connectivity index (χ3n) is 3.64. The molecule has 0 aliphatic rings. The molecule has 0 atom stereocenters. The van der Waals surface area contributed by atoms with Crippen LogP contribution in [0.1, 0.15) is 11.1 Å². The van der Waals surface area contributed by atoms with Crippen LogP contribution in [0, 0.1) is 11.3 Å². The maximum absolute atomic E-state index is 12.3. The molecule has 3 rings (SSSR count). The van der Waals surface area contributed by atoms with Crippen molar-refractivity contribution in [2.45, 2.75) is 6.54 Å². The van der Waals surface area contributed by atoms with Gasteiger partial charge in [0.15, 0.2) is 0 Å². The molecule has 2 N–H and O–H groups in total. The lowest BCUT2D eigenvalue weighted by molar-refractivity contribution is -0.117. The van der Waals surface area contributed by atoms with Crippen molar-refractivity contribution in [3.05, 3.63) is 76.2 Å². The number of aromatic amines is 1. The summed E-state index contributed by atoms with van der Waals surface area (Å²) < 4.78 is 0.963. The Hall–Kier alpha value is -3.24. The van der Waals surface area contributed by atoms with Crippen LogP contribution in [0.5, 0.6) is 0 Å². The van der Waals surface area contributed by atoms with Gasteiger partial charge in [0.2, 0.25) is 0 Å². The van der Waals surface area contributed by atoms with E-state index >= 15 is 0 Å². The third kappa shape index (κ3) is 4.23. The number of carbonyl (C=O) groups excluding carboxylic acids is 1. The van der Waals surface area contributed by atoms with E-state index in [1.807, 2.05) is 36.4 Å². The number of rotatable bonds is 5. The Kier molecular flexibility index (Phi) is 5.56. The number of halogens is 1. The van der Waals surface area contributed by atoms with Crippen molar-refractivity contribution in [3.8, 4) is 17.3 Å². The molecule has 0 saturated carbocycles. The van der Waals surface area contributed by atoms with Gasteiger partial charge in [-0.1, -0.05) is 34.1 Å². The minimum atomic E-state index is -0.445. The molecule has 0 aliphatic heterocycles. The third-order valence-corrected chi connectivity index (χ3v) is 4.17. The Bertz CT molecular complexity index is 971. The van der Waals surface area contributed by atoms with Gasteiger partial charge >= 0.3 is 0 Å². The number of benzene rings is 1. The molecule has 7 heteroatoms. The molecule has 0 fully saturated rings. The minimum absolute atomic E-state index is 0.00801. The summed E-state index contributed by atoms with van der Waals surface area (Å²) in [6.07, 6.45) is 6.44. The number of pyridine rings is 1. The first-order valence-corrected chi connectivity index (χ1v) is 8.55. The van der Waals surface area contributed by atoms with Crippen LogP contribution >= 0.6 is 15.9 Å². The normalized spacial score (nSPS) is 11.0. The summed E-state index contributed by atoms with van der Waals surface area (Å²) in [7, 11) is 0. The summed E-state index contributed by atoms with van der Waals surface area (Å²) in [6, 6.07) is 13.3. The predicted octanol–water partition coefficient (Wildman–Crippen LogP) is 3.46. The van der Waals surface area contributed by atoms with Gasteiger partial charge in [-0.15, -0.1) is 0 Å². The van der Waals surface area contributed by atoms with Gasteiger partial charge in [-0.2, -0.15) is 10.4 Å². The van der Waals surface area contributed by atoms with Crippen LogP contribution in [0.3, 0.4) is 0 Å². The molecule has 0 unspecified atom stereocenters. The number of nitrogens with zero attached hydrogens (tertiary/aromatic N) is 3. The van der Waals surface area contributed by atoms with Crippen LogP contribution in [0.15, 0.2) is 65.0 Å². The topological polar surface area (TPSA) is 94.5 Å². The van der Waals surface area contributed by atoms with E-state index in [4.69, 9.17) is 0 Å². The number of nitriles is 1. The van der Waals surface area contributed by atoms with Gasteiger partial charge < -0.3 is 5.32 Å². The molecular formula is C19H14BrN5O. The SMILES string of the molecule is N#C/C(=C\c1cn[nH]c1-c1ccc(Br)cc1)C(=O)NCc1cccnc1. The first-order chi connectivity index (χ1) is 12.7. The highest BCUT2D eigenvalue weighted by Crippen LogP contribution is 2.24. The molecule has 6 nitrogen and oxygen atoms in total. The minimum Gasteiger partial charge on any atom is -0.347 e. The van der Waals surface area contributed by atoms with Crippen molar-refractivity contribution in [1.29, 1.82) is 5.26 Å². The van der Waals surface area contributed by atoms with E-state index in [-0.39, 0.29) is 5.57 Å². The summed E-state index contributed by atoms with van der Waals surface area (Å²) in [6.45, 7) is 0.302. The van der Waals surface area contributed by atoms with E-state index in [2.05, 4.69) is 36.4 Å². The van der Waals surface area contributed by atoms with Crippen LogP contribution in [0.4, 0.5) is 0 Å². The van der Waals surface area contributed by atoms with Gasteiger partial charge in [0.1, 0.15) is 11.6 Å². The number of amides is 1. The number of hydrogen-bond donors (Lipinski definition) is 2. The van der Waals surface area contributed by atoms with Crippen molar-refractivity contribution in [2.24, 2.45) is 0 Å². The van der Waals surface area contributed by atoms with E-state index in [1.54, 1.807) is 24.7 Å². The maximum Gasteiger partial charge on any atom is 0.262 e. The van der Waals surface area contributed by atoms with Gasteiger partial charge in [0, 0.05) is 34.5 Å². The summed E-state index contributed by atoms with van der Waals surface area (Å²) in [5, 5.41) is 19.0. The highest BCUT2D eigenvalue weighted by atomic mass is 79.9. The number of nitrogens with one attached hydrogen (secondary N) is 2. The van der Waals surface area contributed by atoms with E-state index in [1.165, 1.54) is 6.08 Å². The lowest BCUT2D eigenvalue weighted by Crippen LogP contribution is -2.24. The lowest BCUT2D eigenvalue weighted by atomic mass is 10.1. The van der Waals surface area contributed by atoms with Crippen molar-refractivity contribution < 1.29 is 4.79 Å². The summed E-state index contributed by atoms with van der Waals surface area (Å²) >= 11 is 3.40. The van der Waals surface area contributed by atoms with Crippen LogP contribution < -0.4 is 5.32 Å². The molecular weight excluding hydrogens is 394 g/mol. The van der Waals surface area contributed by atoms with Crippen molar-refractivity contribution in [2.75, 3.05) is 0 Å². The molecule has 2 heterocycles. The van der Waals surface area contributed by atoms with Crippen LogP contribution in [0.25, 0.3) is 17.3 Å². The second kappa shape index (κ2) is 8.23. The Morgan fingerprint density at radius 1 is 1.27 bits per heavy atom. The Morgan fingerprint density at radius 2 is 2.08 bits per heavy atom. The molecule has 0 saturated heterocycles. The highest BCUT2D eigenvalue weighted by molar-refractivity contribution is 9.10. The molecule has 128 valence electrons. The molecule has 26 heavy (non-hydrogen) atoms. The van der Waals surface area contributed by atoms with Crippen LogP contribution in [0.2, 0.25) is 0 Å². The van der Waals surface area contributed by atoms with Crippen LogP contribution in [-0.4, -0.2) is 21.1 Å². The summed E-state index contributed by atoms with van der Waals surface area (Å²) in [4.78, 5) is 16.3. The number of aromatic nitrogens is 3. The monoisotopic (exact) mass is 407 g/mol. The fraction of sp³-hybridized carbons (Fsp3) is 0.0526. The number of hydrogen-bond acceptors (Lipinski definition) is 4. The van der Waals surface area contributed by atoms with Gasteiger partial charge in [-0.05, 0) is 29.8 Å². The van der Waals surface area contributed by atoms with E-state index < -0.39 is 5.91 Å². The van der Waals surface area contributed by atoms with Gasteiger partial charge in [0.25, 0.3) is 5.91 Å². The Labute approximate surface area is 158 Å². The fourth-order valence-corrected chi connectivity index (χ4v) is 2.60. The quantitative estimate of drug-likeness (QED) is 0.500. The van der Waals surface area contributed by atoms with Crippen LogP contribution in [-0.2, 0) is 11.3 Å².